The molecule has 1 amide bonds. The lowest BCUT2D eigenvalue weighted by Gasteiger charge is -2.17. The standard InChI is InChI=1S/C19H23NO/c1-13(2)16-10-11-18(17(12-16)14(3)4)20-19(21)15-8-6-5-7-9-15/h5-14H,1-4H3,(H,20,21). The van der Waals surface area contributed by atoms with Crippen LogP contribution in [0.5, 0.6) is 0 Å². The van der Waals surface area contributed by atoms with E-state index in [2.05, 4.69) is 45.1 Å². The molecule has 2 aromatic carbocycles. The first kappa shape index (κ1) is 15.3. The average Bonchev–Trinajstić information content (AvgIpc) is 2.48. The first-order valence-corrected chi connectivity index (χ1v) is 7.49. The molecule has 0 atom stereocenters. The summed E-state index contributed by atoms with van der Waals surface area (Å²) < 4.78 is 0. The molecule has 0 saturated carbocycles. The summed E-state index contributed by atoms with van der Waals surface area (Å²) in [4.78, 5) is 12.3. The van der Waals surface area contributed by atoms with Gasteiger partial charge in [-0.25, -0.2) is 0 Å². The van der Waals surface area contributed by atoms with Gasteiger partial charge in [0, 0.05) is 11.3 Å². The number of hydrogen-bond donors (Lipinski definition) is 1. The van der Waals surface area contributed by atoms with Crippen molar-refractivity contribution in [2.45, 2.75) is 39.5 Å². The number of amides is 1. The Morgan fingerprint density at radius 2 is 1.57 bits per heavy atom. The van der Waals surface area contributed by atoms with Crippen LogP contribution in [-0.4, -0.2) is 5.91 Å². The maximum absolute atomic E-state index is 12.3. The Hall–Kier alpha value is -2.09. The van der Waals surface area contributed by atoms with Crippen LogP contribution in [0, 0.1) is 0 Å². The van der Waals surface area contributed by atoms with Crippen LogP contribution in [0.15, 0.2) is 48.5 Å². The minimum absolute atomic E-state index is 0.0604. The highest BCUT2D eigenvalue weighted by molar-refractivity contribution is 6.04. The van der Waals surface area contributed by atoms with Crippen LogP contribution >= 0.6 is 0 Å². The predicted molar refractivity (Wildman–Crippen MR) is 89.0 cm³/mol. The number of nitrogens with one attached hydrogen (secondary N) is 1. The molecule has 2 nitrogen and oxygen atoms in total. The number of hydrogen-bond acceptors (Lipinski definition) is 1. The third kappa shape index (κ3) is 3.72. The van der Waals surface area contributed by atoms with Crippen LogP contribution in [0.2, 0.25) is 0 Å². The SMILES string of the molecule is CC(C)c1ccc(NC(=O)c2ccccc2)c(C(C)C)c1. The molecule has 0 aromatic heterocycles. The molecule has 21 heavy (non-hydrogen) atoms. The van der Waals surface area contributed by atoms with Crippen molar-refractivity contribution in [2.75, 3.05) is 5.32 Å². The molecular formula is C19H23NO. The fraction of sp³-hybridized carbons (Fsp3) is 0.316. The van der Waals surface area contributed by atoms with Gasteiger partial charge < -0.3 is 5.32 Å². The maximum atomic E-state index is 12.3. The Kier molecular flexibility index (Phi) is 4.79. The average molecular weight is 281 g/mol. The topological polar surface area (TPSA) is 29.1 Å². The first-order chi connectivity index (χ1) is 9.99. The van der Waals surface area contributed by atoms with Gasteiger partial charge in [0.15, 0.2) is 0 Å². The van der Waals surface area contributed by atoms with Crippen molar-refractivity contribution in [2.24, 2.45) is 0 Å². The van der Waals surface area contributed by atoms with Crippen molar-refractivity contribution in [1.82, 2.24) is 0 Å². The molecule has 0 unspecified atom stereocenters. The van der Waals surface area contributed by atoms with Gasteiger partial charge in [-0.3, -0.25) is 4.79 Å². The maximum Gasteiger partial charge on any atom is 0.255 e. The normalized spacial score (nSPS) is 11.0. The van der Waals surface area contributed by atoms with E-state index in [0.29, 0.717) is 17.4 Å². The Labute approximate surface area is 127 Å². The zero-order chi connectivity index (χ0) is 15.4. The third-order valence-corrected chi connectivity index (χ3v) is 3.65. The van der Waals surface area contributed by atoms with Gasteiger partial charge in [-0.2, -0.15) is 0 Å². The molecule has 0 fully saturated rings. The summed E-state index contributed by atoms with van der Waals surface area (Å²) in [5.41, 5.74) is 4.07. The fourth-order valence-corrected chi connectivity index (χ4v) is 2.32. The van der Waals surface area contributed by atoms with E-state index in [1.165, 1.54) is 11.1 Å². The van der Waals surface area contributed by atoms with Crippen molar-refractivity contribution in [3.8, 4) is 0 Å². The lowest BCUT2D eigenvalue weighted by Crippen LogP contribution is -2.13. The highest BCUT2D eigenvalue weighted by atomic mass is 16.1. The van der Waals surface area contributed by atoms with Gasteiger partial charge in [0.05, 0.1) is 0 Å². The zero-order valence-corrected chi connectivity index (χ0v) is 13.2. The summed E-state index contributed by atoms with van der Waals surface area (Å²) in [6.45, 7) is 8.67. The smallest absolute Gasteiger partial charge is 0.255 e. The van der Waals surface area contributed by atoms with Crippen LogP contribution < -0.4 is 5.32 Å². The Balaban J connectivity index is 2.29. The van der Waals surface area contributed by atoms with Crippen LogP contribution in [0.4, 0.5) is 5.69 Å². The Morgan fingerprint density at radius 3 is 2.14 bits per heavy atom. The molecular weight excluding hydrogens is 258 g/mol. The van der Waals surface area contributed by atoms with Gasteiger partial charge in [0.25, 0.3) is 5.91 Å². The molecule has 0 spiro atoms. The summed E-state index contributed by atoms with van der Waals surface area (Å²) in [6, 6.07) is 15.6. The molecule has 2 rings (SSSR count). The van der Waals surface area contributed by atoms with E-state index in [0.717, 1.165) is 5.69 Å². The van der Waals surface area contributed by atoms with Crippen LogP contribution in [0.1, 0.15) is 61.0 Å². The van der Waals surface area contributed by atoms with Crippen molar-refractivity contribution < 1.29 is 4.79 Å². The Bertz CT molecular complexity index is 615. The van der Waals surface area contributed by atoms with E-state index >= 15 is 0 Å². The second-order valence-electron chi connectivity index (χ2n) is 5.98. The van der Waals surface area contributed by atoms with Gasteiger partial charge in [-0.15, -0.1) is 0 Å². The van der Waals surface area contributed by atoms with E-state index in [9.17, 15) is 4.79 Å². The van der Waals surface area contributed by atoms with E-state index < -0.39 is 0 Å². The molecule has 0 bridgehead atoms. The molecule has 110 valence electrons. The molecule has 0 radical (unpaired) electrons. The number of carbonyl (C=O) groups excluding carboxylic acids is 1. The summed E-state index contributed by atoms with van der Waals surface area (Å²) >= 11 is 0. The molecule has 0 aliphatic carbocycles. The van der Waals surface area contributed by atoms with Gasteiger partial charge >= 0.3 is 0 Å². The molecule has 2 heteroatoms. The van der Waals surface area contributed by atoms with E-state index in [1.54, 1.807) is 0 Å². The minimum Gasteiger partial charge on any atom is -0.322 e. The molecule has 0 saturated heterocycles. The highest BCUT2D eigenvalue weighted by Gasteiger charge is 2.12. The molecule has 0 heterocycles. The fourth-order valence-electron chi connectivity index (χ4n) is 2.32. The highest BCUT2D eigenvalue weighted by Crippen LogP contribution is 2.28. The molecule has 0 aliphatic rings. The third-order valence-electron chi connectivity index (χ3n) is 3.65. The van der Waals surface area contributed by atoms with Gasteiger partial charge in [-0.1, -0.05) is 58.0 Å². The quantitative estimate of drug-likeness (QED) is 0.821. The number of carbonyl (C=O) groups is 1. The second kappa shape index (κ2) is 6.57. The monoisotopic (exact) mass is 281 g/mol. The summed E-state index contributed by atoms with van der Waals surface area (Å²) in [5.74, 6) is 0.797. The van der Waals surface area contributed by atoms with Crippen molar-refractivity contribution in [3.05, 3.63) is 65.2 Å². The largest absolute Gasteiger partial charge is 0.322 e. The van der Waals surface area contributed by atoms with Gasteiger partial charge in [-0.05, 0) is 41.2 Å². The number of rotatable bonds is 4. The summed E-state index contributed by atoms with van der Waals surface area (Å²) in [6.07, 6.45) is 0. The van der Waals surface area contributed by atoms with E-state index in [-0.39, 0.29) is 5.91 Å². The zero-order valence-electron chi connectivity index (χ0n) is 13.2. The second-order valence-corrected chi connectivity index (χ2v) is 5.98. The van der Waals surface area contributed by atoms with Crippen LogP contribution in [-0.2, 0) is 0 Å². The van der Waals surface area contributed by atoms with Crippen LogP contribution in [0.3, 0.4) is 0 Å². The molecule has 0 aliphatic heterocycles. The van der Waals surface area contributed by atoms with Crippen molar-refractivity contribution in [3.63, 3.8) is 0 Å². The van der Waals surface area contributed by atoms with E-state index in [1.807, 2.05) is 36.4 Å². The summed E-state index contributed by atoms with van der Waals surface area (Å²) in [5, 5.41) is 3.04. The summed E-state index contributed by atoms with van der Waals surface area (Å²) in [7, 11) is 0. The number of benzene rings is 2. The molecule has 1 N–H and O–H groups in total. The van der Waals surface area contributed by atoms with E-state index in [4.69, 9.17) is 0 Å². The van der Waals surface area contributed by atoms with Gasteiger partial charge in [0.2, 0.25) is 0 Å². The van der Waals surface area contributed by atoms with Gasteiger partial charge in [0.1, 0.15) is 0 Å². The minimum atomic E-state index is -0.0604. The number of anilines is 1. The van der Waals surface area contributed by atoms with Crippen molar-refractivity contribution in [1.29, 1.82) is 0 Å². The van der Waals surface area contributed by atoms with Crippen LogP contribution in [0.25, 0.3) is 0 Å². The lowest BCUT2D eigenvalue weighted by atomic mass is 9.94. The predicted octanol–water partition coefficient (Wildman–Crippen LogP) is 5.19. The first-order valence-electron chi connectivity index (χ1n) is 7.49. The molecule has 2 aromatic rings. The Morgan fingerprint density at radius 1 is 0.905 bits per heavy atom. The van der Waals surface area contributed by atoms with Crippen molar-refractivity contribution >= 4 is 11.6 Å². The lowest BCUT2D eigenvalue weighted by molar-refractivity contribution is 0.102.